The fourth-order valence-electron chi connectivity index (χ4n) is 7.06. The fourth-order valence-corrected chi connectivity index (χ4v) is 7.40. The molecule has 0 amide bonds. The number of rotatable bonds is 8. The van der Waals surface area contributed by atoms with Crippen LogP contribution in [0.5, 0.6) is 0 Å². The fraction of sp³-hybridized carbons (Fsp3) is 0.581. The van der Waals surface area contributed by atoms with E-state index in [9.17, 15) is 4.79 Å². The Hall–Kier alpha value is -2.81. The SMILES string of the molecule is C/C(=C\CN1CN(C)c2ncnc(N)c21)CC[C@@]1(C)C2=C(CC[C@@H]1C)[C@](C)(COC(=O)c1cc(Br)c[nH]1)CCC2. The number of aromatic amines is 1. The van der Waals surface area contributed by atoms with Crippen molar-refractivity contribution < 1.29 is 9.53 Å². The molecule has 3 N–H and O–H groups in total. The van der Waals surface area contributed by atoms with E-state index in [1.165, 1.54) is 18.3 Å². The molecular weight excluding hydrogens is 568 g/mol. The Balaban J connectivity index is 1.28. The summed E-state index contributed by atoms with van der Waals surface area (Å²) in [4.78, 5) is 28.7. The summed E-state index contributed by atoms with van der Waals surface area (Å²) in [6, 6.07) is 1.77. The molecule has 0 bridgehead atoms. The van der Waals surface area contributed by atoms with E-state index in [1.54, 1.807) is 23.4 Å². The summed E-state index contributed by atoms with van der Waals surface area (Å²) in [6.45, 7) is 11.5. The van der Waals surface area contributed by atoms with Gasteiger partial charge in [0.05, 0.1) is 6.67 Å². The normalized spacial score (nSPS) is 26.6. The van der Waals surface area contributed by atoms with Crippen LogP contribution in [-0.2, 0) is 4.74 Å². The second-order valence-corrected chi connectivity index (χ2v) is 13.5. The van der Waals surface area contributed by atoms with Gasteiger partial charge in [-0.15, -0.1) is 0 Å². The number of nitrogens with one attached hydrogen (secondary N) is 1. The standard InChI is InChI=1S/C31H43BrN6O2/c1-20(11-14-38-19-37(5)28-26(38)27(33)35-18-36-28)10-13-31(4)21(2)8-9-23-24(31)7-6-12-30(23,3)17-40-29(39)25-15-22(32)16-34-25/h11,15-16,18,21,34H,6-10,12-14,17,19H2,1-5H3,(H2,33,35,36)/b20-11+/t21-,30-,31+/m0/s1. The minimum atomic E-state index is -0.285. The van der Waals surface area contributed by atoms with Crippen molar-refractivity contribution in [1.82, 2.24) is 15.0 Å². The molecule has 5 rings (SSSR count). The molecule has 2 aromatic heterocycles. The third-order valence-corrected chi connectivity index (χ3v) is 10.3. The van der Waals surface area contributed by atoms with Crippen molar-refractivity contribution >= 4 is 39.2 Å². The number of esters is 1. The molecule has 3 aliphatic rings. The van der Waals surface area contributed by atoms with E-state index in [4.69, 9.17) is 10.5 Å². The molecular formula is C31H43BrN6O2. The number of carbonyl (C=O) groups is 1. The van der Waals surface area contributed by atoms with Gasteiger partial charge in [-0.05, 0) is 85.2 Å². The van der Waals surface area contributed by atoms with Gasteiger partial charge in [0.25, 0.3) is 0 Å². The molecule has 0 radical (unpaired) electrons. The highest BCUT2D eigenvalue weighted by molar-refractivity contribution is 9.10. The molecule has 1 aliphatic heterocycles. The second kappa shape index (κ2) is 11.2. The van der Waals surface area contributed by atoms with Crippen molar-refractivity contribution in [2.45, 2.75) is 72.6 Å². The Kier molecular flexibility index (Phi) is 8.06. The number of aromatic nitrogens is 3. The van der Waals surface area contributed by atoms with Crippen molar-refractivity contribution in [2.24, 2.45) is 16.7 Å². The Bertz CT molecular complexity index is 1330. The number of fused-ring (bicyclic) bond motifs is 1. The second-order valence-electron chi connectivity index (χ2n) is 12.6. The number of allylic oxidation sites excluding steroid dienone is 2. The number of hydrogen-bond acceptors (Lipinski definition) is 7. The molecule has 0 unspecified atom stereocenters. The van der Waals surface area contributed by atoms with Crippen molar-refractivity contribution in [3.05, 3.63) is 51.6 Å². The number of nitrogens with two attached hydrogens (primary N) is 1. The topological polar surface area (TPSA) is 100 Å². The van der Waals surface area contributed by atoms with Crippen LogP contribution in [0.15, 0.2) is 45.9 Å². The Morgan fingerprint density at radius 1 is 1.30 bits per heavy atom. The third kappa shape index (κ3) is 5.41. The summed E-state index contributed by atoms with van der Waals surface area (Å²) in [5.41, 5.74) is 12.2. The molecule has 0 aromatic carbocycles. The number of nitrogen functional groups attached to an aromatic ring is 1. The van der Waals surface area contributed by atoms with Crippen LogP contribution in [0, 0.1) is 16.7 Å². The maximum Gasteiger partial charge on any atom is 0.354 e. The summed E-state index contributed by atoms with van der Waals surface area (Å²) in [5, 5.41) is 0. The van der Waals surface area contributed by atoms with Crippen LogP contribution < -0.4 is 15.5 Å². The molecule has 0 saturated carbocycles. The summed E-state index contributed by atoms with van der Waals surface area (Å²) in [5.74, 6) is 1.77. The van der Waals surface area contributed by atoms with E-state index in [0.29, 0.717) is 24.0 Å². The van der Waals surface area contributed by atoms with Crippen LogP contribution in [0.4, 0.5) is 17.3 Å². The van der Waals surface area contributed by atoms with Gasteiger partial charge in [-0.3, -0.25) is 0 Å². The average molecular weight is 612 g/mol. The molecule has 216 valence electrons. The lowest BCUT2D eigenvalue weighted by atomic mass is 9.55. The van der Waals surface area contributed by atoms with Gasteiger partial charge in [0, 0.05) is 29.7 Å². The first kappa shape index (κ1) is 28.7. The lowest BCUT2D eigenvalue weighted by molar-refractivity contribution is 0.0305. The molecule has 8 nitrogen and oxygen atoms in total. The molecule has 3 atom stereocenters. The van der Waals surface area contributed by atoms with Gasteiger partial charge in [0.1, 0.15) is 24.3 Å². The van der Waals surface area contributed by atoms with Crippen LogP contribution in [-0.4, -0.2) is 47.8 Å². The van der Waals surface area contributed by atoms with Gasteiger partial charge in [0.15, 0.2) is 11.6 Å². The van der Waals surface area contributed by atoms with Gasteiger partial charge >= 0.3 is 5.97 Å². The molecule has 3 heterocycles. The number of hydrogen-bond donors (Lipinski definition) is 2. The van der Waals surface area contributed by atoms with Crippen molar-refractivity contribution in [2.75, 3.05) is 42.4 Å². The smallest absolute Gasteiger partial charge is 0.354 e. The monoisotopic (exact) mass is 610 g/mol. The highest BCUT2D eigenvalue weighted by Gasteiger charge is 2.46. The number of halogens is 1. The number of ether oxygens (including phenoxy) is 1. The van der Waals surface area contributed by atoms with Crippen molar-refractivity contribution in [3.8, 4) is 0 Å². The summed E-state index contributed by atoms with van der Waals surface area (Å²) in [6.07, 6.45) is 13.5. The molecule has 0 fully saturated rings. The quantitative estimate of drug-likeness (QED) is 0.248. The summed E-state index contributed by atoms with van der Waals surface area (Å²) >= 11 is 3.40. The predicted octanol–water partition coefficient (Wildman–Crippen LogP) is 6.87. The van der Waals surface area contributed by atoms with Gasteiger partial charge < -0.3 is 25.3 Å². The van der Waals surface area contributed by atoms with E-state index < -0.39 is 0 Å². The summed E-state index contributed by atoms with van der Waals surface area (Å²) < 4.78 is 6.74. The van der Waals surface area contributed by atoms with Crippen molar-refractivity contribution in [3.63, 3.8) is 0 Å². The Morgan fingerprint density at radius 3 is 2.85 bits per heavy atom. The van der Waals surface area contributed by atoms with Crippen LogP contribution in [0.1, 0.15) is 83.1 Å². The minimum Gasteiger partial charge on any atom is -0.460 e. The molecule has 40 heavy (non-hydrogen) atoms. The molecule has 0 saturated heterocycles. The maximum atomic E-state index is 12.7. The first-order valence-electron chi connectivity index (χ1n) is 14.5. The van der Waals surface area contributed by atoms with Crippen LogP contribution >= 0.6 is 15.9 Å². The van der Waals surface area contributed by atoms with Gasteiger partial charge in [-0.2, -0.15) is 0 Å². The first-order chi connectivity index (χ1) is 19.0. The van der Waals surface area contributed by atoms with Crippen LogP contribution in [0.3, 0.4) is 0 Å². The number of anilines is 3. The molecule has 9 heteroatoms. The molecule has 2 aromatic rings. The van der Waals surface area contributed by atoms with E-state index in [1.807, 2.05) is 7.05 Å². The summed E-state index contributed by atoms with van der Waals surface area (Å²) in [7, 11) is 2.04. The lowest BCUT2D eigenvalue weighted by Gasteiger charge is -2.50. The maximum absolute atomic E-state index is 12.7. The van der Waals surface area contributed by atoms with Crippen molar-refractivity contribution in [1.29, 1.82) is 0 Å². The largest absolute Gasteiger partial charge is 0.460 e. The number of nitrogens with zero attached hydrogens (tertiary/aromatic N) is 4. The Labute approximate surface area is 246 Å². The number of H-pyrrole nitrogens is 1. The first-order valence-corrected chi connectivity index (χ1v) is 15.3. The highest BCUT2D eigenvalue weighted by atomic mass is 79.9. The molecule has 2 aliphatic carbocycles. The third-order valence-electron chi connectivity index (χ3n) is 9.83. The van der Waals surface area contributed by atoms with Crippen LogP contribution in [0.2, 0.25) is 0 Å². The zero-order valence-corrected chi connectivity index (χ0v) is 26.1. The number of carbonyl (C=O) groups excluding carboxylic acids is 1. The van der Waals surface area contributed by atoms with Gasteiger partial charge in [-0.25, -0.2) is 14.8 Å². The highest BCUT2D eigenvalue weighted by Crippen LogP contribution is 2.57. The predicted molar refractivity (Wildman–Crippen MR) is 164 cm³/mol. The van der Waals surface area contributed by atoms with Crippen LogP contribution in [0.25, 0.3) is 0 Å². The lowest BCUT2D eigenvalue weighted by Crippen LogP contribution is -2.40. The minimum absolute atomic E-state index is 0.101. The van der Waals surface area contributed by atoms with E-state index in [-0.39, 0.29) is 16.8 Å². The average Bonchev–Trinajstić information content (AvgIpc) is 3.51. The van der Waals surface area contributed by atoms with E-state index in [2.05, 4.69) is 74.5 Å². The van der Waals surface area contributed by atoms with Gasteiger partial charge in [-0.1, -0.05) is 43.6 Å². The Morgan fingerprint density at radius 2 is 2.10 bits per heavy atom. The zero-order chi connectivity index (χ0) is 28.7. The van der Waals surface area contributed by atoms with Gasteiger partial charge in [0.2, 0.25) is 0 Å². The molecule has 0 spiro atoms. The van der Waals surface area contributed by atoms with E-state index in [0.717, 1.165) is 67.7 Å². The zero-order valence-electron chi connectivity index (χ0n) is 24.5. The van der Waals surface area contributed by atoms with E-state index >= 15 is 0 Å².